The first-order chi connectivity index (χ1) is 4.22. The van der Waals surface area contributed by atoms with Crippen LogP contribution in [0.4, 0.5) is 0 Å². The first kappa shape index (κ1) is 17.4. The molecule has 0 aliphatic heterocycles. The van der Waals surface area contributed by atoms with Crippen LogP contribution in [0.1, 0.15) is 6.92 Å². The molecular weight excluding hydrogens is 173 g/mol. The van der Waals surface area contributed by atoms with Gasteiger partial charge in [-0.3, -0.25) is 5.26 Å². The zero-order valence-electron chi connectivity index (χ0n) is 6.50. The predicted molar refractivity (Wildman–Crippen MR) is 32.0 cm³/mol. The number of rotatable bonds is 2. The molecule has 5 heteroatoms. The van der Waals surface area contributed by atoms with Crippen molar-refractivity contribution in [2.45, 2.75) is 6.92 Å². The Morgan fingerprint density at radius 3 is 2.45 bits per heavy atom. The van der Waals surface area contributed by atoms with Crippen molar-refractivity contribution in [1.82, 2.24) is 0 Å². The van der Waals surface area contributed by atoms with Crippen molar-refractivity contribution in [3.8, 4) is 6.07 Å². The van der Waals surface area contributed by atoms with Crippen LogP contribution in [0.3, 0.4) is 0 Å². The van der Waals surface area contributed by atoms with E-state index in [2.05, 4.69) is 4.74 Å². The van der Waals surface area contributed by atoms with Gasteiger partial charge in [-0.1, -0.05) is 11.6 Å². The molecule has 0 bridgehead atoms. The summed E-state index contributed by atoms with van der Waals surface area (Å²) < 4.78 is 4.37. The molecule has 0 aromatic heterocycles. The van der Waals surface area contributed by atoms with Crippen LogP contribution in [0.5, 0.6) is 0 Å². The Morgan fingerprint density at radius 1 is 1.73 bits per heavy atom. The minimum Gasteiger partial charge on any atom is -0.870 e. The van der Waals surface area contributed by atoms with Gasteiger partial charge in [0.15, 0.2) is 0 Å². The fraction of sp³-hybridized carbons (Fsp3) is 0.333. The number of nitriles is 1. The number of esters is 1. The average Bonchev–Trinajstić information content (AvgIpc) is 1.87. The summed E-state index contributed by atoms with van der Waals surface area (Å²) in [7, 11) is 0. The molecular formula is C6H7KNO3-. The summed E-state index contributed by atoms with van der Waals surface area (Å²) in [6.45, 7) is 6.76. The normalized spacial score (nSPS) is 6.18. The second-order valence-corrected chi connectivity index (χ2v) is 1.25. The molecule has 0 aliphatic carbocycles. The Balaban J connectivity index is -0.000000320. The molecule has 0 radical (unpaired) electrons. The van der Waals surface area contributed by atoms with E-state index >= 15 is 0 Å². The van der Waals surface area contributed by atoms with Crippen LogP contribution in [0.15, 0.2) is 5.57 Å². The topological polar surface area (TPSA) is 80.1 Å². The smallest absolute Gasteiger partial charge is 0.870 e. The summed E-state index contributed by atoms with van der Waals surface area (Å²) in [5, 5.41) is 8.02. The van der Waals surface area contributed by atoms with Crippen LogP contribution in [-0.4, -0.2) is 18.1 Å². The molecule has 0 aromatic rings. The number of ether oxygens (including phenoxy) is 1. The molecule has 11 heavy (non-hydrogen) atoms. The van der Waals surface area contributed by atoms with Gasteiger partial charge in [-0.25, -0.2) is 6.58 Å². The van der Waals surface area contributed by atoms with Gasteiger partial charge in [0.1, 0.15) is 0 Å². The maximum Gasteiger partial charge on any atom is 1.00 e. The standard InChI is InChI=1S/C6H6NO2.K.H2O/c1-3-9-6(8)5(2)4-7;;/h2H,3H2,1H3;;1H2/q-1;+1;/p-1. The molecule has 0 atom stereocenters. The first-order valence-corrected chi connectivity index (χ1v) is 2.42. The zero-order chi connectivity index (χ0) is 7.28. The van der Waals surface area contributed by atoms with Crippen LogP contribution < -0.4 is 51.4 Å². The van der Waals surface area contributed by atoms with E-state index in [9.17, 15) is 4.79 Å². The minimum atomic E-state index is -0.750. The molecule has 4 nitrogen and oxygen atoms in total. The van der Waals surface area contributed by atoms with Crippen molar-refractivity contribution in [3.63, 3.8) is 0 Å². The summed E-state index contributed by atoms with van der Waals surface area (Å²) in [5.41, 5.74) is -0.406. The fourth-order valence-electron chi connectivity index (χ4n) is 0.254. The largest absolute Gasteiger partial charge is 1.00 e. The van der Waals surface area contributed by atoms with E-state index < -0.39 is 11.5 Å². The van der Waals surface area contributed by atoms with E-state index in [1.165, 1.54) is 6.07 Å². The van der Waals surface area contributed by atoms with Gasteiger partial charge in [0.05, 0.1) is 6.61 Å². The molecule has 0 aliphatic rings. The maximum atomic E-state index is 10.4. The number of hydrogen-bond acceptors (Lipinski definition) is 4. The van der Waals surface area contributed by atoms with Crippen molar-refractivity contribution in [2.24, 2.45) is 0 Å². The van der Waals surface area contributed by atoms with Crippen LogP contribution in [0, 0.1) is 17.9 Å². The number of carbonyl (C=O) groups excluding carboxylic acids is 1. The fourth-order valence-corrected chi connectivity index (χ4v) is 0.254. The van der Waals surface area contributed by atoms with E-state index in [1.807, 2.05) is 0 Å². The van der Waals surface area contributed by atoms with Crippen molar-refractivity contribution < 1.29 is 66.4 Å². The molecule has 0 heterocycles. The SMILES string of the molecule is [CH-]=C(C#N)C(=O)OCC.[K+].[OH-]. The van der Waals surface area contributed by atoms with E-state index in [1.54, 1.807) is 6.92 Å². The van der Waals surface area contributed by atoms with Gasteiger partial charge in [-0.2, -0.15) is 0 Å². The van der Waals surface area contributed by atoms with E-state index in [-0.39, 0.29) is 63.5 Å². The second-order valence-electron chi connectivity index (χ2n) is 1.25. The summed E-state index contributed by atoms with van der Waals surface area (Å²) >= 11 is 0. The summed E-state index contributed by atoms with van der Waals surface area (Å²) in [6, 6.07) is 1.47. The second kappa shape index (κ2) is 10.3. The third-order valence-corrected chi connectivity index (χ3v) is 0.616. The molecule has 56 valence electrons. The maximum absolute atomic E-state index is 10.4. The molecule has 0 saturated heterocycles. The Kier molecular flexibility index (Phi) is 16.3. The molecule has 0 fully saturated rings. The summed E-state index contributed by atoms with van der Waals surface area (Å²) in [6.07, 6.45) is 0. The van der Waals surface area contributed by atoms with Gasteiger partial charge in [0.25, 0.3) is 0 Å². The van der Waals surface area contributed by atoms with E-state index in [4.69, 9.17) is 11.8 Å². The number of nitrogens with zero attached hydrogens (tertiary/aromatic N) is 1. The zero-order valence-corrected chi connectivity index (χ0v) is 9.62. The molecule has 1 N–H and O–H groups in total. The quantitative estimate of drug-likeness (QED) is 0.152. The Morgan fingerprint density at radius 2 is 2.18 bits per heavy atom. The van der Waals surface area contributed by atoms with Gasteiger partial charge < -0.3 is 15.0 Å². The Hall–Kier alpha value is 0.296. The predicted octanol–water partition coefficient (Wildman–Crippen LogP) is -2.74. The molecule has 0 amide bonds. The first-order valence-electron chi connectivity index (χ1n) is 2.42. The van der Waals surface area contributed by atoms with Crippen molar-refractivity contribution in [2.75, 3.05) is 6.61 Å². The molecule has 0 aromatic carbocycles. The van der Waals surface area contributed by atoms with Crippen molar-refractivity contribution >= 4 is 5.97 Å². The summed E-state index contributed by atoms with van der Waals surface area (Å²) in [4.78, 5) is 10.4. The molecule has 0 spiro atoms. The van der Waals surface area contributed by atoms with Crippen molar-refractivity contribution in [3.05, 3.63) is 12.2 Å². The molecule has 0 unspecified atom stereocenters. The van der Waals surface area contributed by atoms with Gasteiger partial charge in [-0.05, 0) is 6.92 Å². The molecule has 0 saturated carbocycles. The third kappa shape index (κ3) is 8.20. The van der Waals surface area contributed by atoms with Crippen molar-refractivity contribution in [1.29, 1.82) is 5.26 Å². The average molecular weight is 180 g/mol. The Bertz CT molecular complexity index is 173. The Labute approximate surface area is 108 Å². The third-order valence-electron chi connectivity index (χ3n) is 0.616. The van der Waals surface area contributed by atoms with Gasteiger partial charge in [0, 0.05) is 0 Å². The van der Waals surface area contributed by atoms with Crippen LogP contribution >= 0.6 is 0 Å². The van der Waals surface area contributed by atoms with Crippen LogP contribution in [0.2, 0.25) is 0 Å². The van der Waals surface area contributed by atoms with Gasteiger partial charge in [0.2, 0.25) is 5.97 Å². The van der Waals surface area contributed by atoms with E-state index in [0.717, 1.165) is 0 Å². The van der Waals surface area contributed by atoms with E-state index in [0.29, 0.717) is 0 Å². The van der Waals surface area contributed by atoms with Crippen LogP contribution in [-0.2, 0) is 9.53 Å². The number of hydrogen-bond donors (Lipinski definition) is 0. The minimum absolute atomic E-state index is 0. The number of carbonyl (C=O) groups is 1. The van der Waals surface area contributed by atoms with Gasteiger partial charge >= 0.3 is 51.4 Å². The molecule has 0 rings (SSSR count). The van der Waals surface area contributed by atoms with Gasteiger partial charge in [-0.15, -0.1) is 0 Å². The summed E-state index contributed by atoms with van der Waals surface area (Å²) in [5.74, 6) is -0.750. The monoisotopic (exact) mass is 180 g/mol. The van der Waals surface area contributed by atoms with Crippen LogP contribution in [0.25, 0.3) is 0 Å².